The summed E-state index contributed by atoms with van der Waals surface area (Å²) < 4.78 is 35.1. The van der Waals surface area contributed by atoms with Crippen LogP contribution in [0.1, 0.15) is 74.8 Å². The van der Waals surface area contributed by atoms with Crippen molar-refractivity contribution in [2.75, 3.05) is 13.2 Å². The van der Waals surface area contributed by atoms with Gasteiger partial charge in [0.2, 0.25) is 0 Å². The molecule has 0 fully saturated rings. The fourth-order valence-corrected chi connectivity index (χ4v) is 2.23. The monoisotopic (exact) mass is 370 g/mol. The lowest BCUT2D eigenvalue weighted by Crippen LogP contribution is -2.11. The zero-order valence-electron chi connectivity index (χ0n) is 15.8. The van der Waals surface area contributed by atoms with Crippen molar-refractivity contribution in [2.24, 2.45) is 0 Å². The van der Waals surface area contributed by atoms with Gasteiger partial charge in [0.25, 0.3) is 6.08 Å². The summed E-state index contributed by atoms with van der Waals surface area (Å²) in [6.07, 6.45) is 6.57. The summed E-state index contributed by atoms with van der Waals surface area (Å²) in [7, 11) is 0. The quantitative estimate of drug-likeness (QED) is 0.372. The summed E-state index contributed by atoms with van der Waals surface area (Å²) in [5.74, 6) is -0.628. The van der Waals surface area contributed by atoms with Crippen LogP contribution in [0.25, 0.3) is 0 Å². The first kappa shape index (κ1) is 22.0. The van der Waals surface area contributed by atoms with Gasteiger partial charge in [-0.05, 0) is 25.8 Å². The minimum absolute atomic E-state index is 0.00652. The molecule has 1 aromatic rings. The van der Waals surface area contributed by atoms with E-state index in [0.717, 1.165) is 12.8 Å². The normalized spacial score (nSPS) is 10.5. The van der Waals surface area contributed by atoms with Gasteiger partial charge in [-0.15, -0.1) is 0 Å². The van der Waals surface area contributed by atoms with Crippen LogP contribution in [0.2, 0.25) is 0 Å². The highest BCUT2D eigenvalue weighted by atomic mass is 19.3. The van der Waals surface area contributed by atoms with Crippen LogP contribution >= 0.6 is 0 Å². The molecule has 0 atom stereocenters. The maximum Gasteiger partial charge on any atom is 0.341 e. The third-order valence-corrected chi connectivity index (χ3v) is 3.94. The number of esters is 1. The van der Waals surface area contributed by atoms with E-state index in [2.05, 4.69) is 16.9 Å². The number of ether oxygens (including phenoxy) is 2. The van der Waals surface area contributed by atoms with E-state index in [1.165, 1.54) is 38.8 Å². The van der Waals surface area contributed by atoms with Gasteiger partial charge in [0, 0.05) is 12.6 Å². The number of aryl methyl sites for hydroxylation is 1. The first-order valence-corrected chi connectivity index (χ1v) is 9.10. The number of halogens is 2. The Kier molecular flexibility index (Phi) is 10.4. The number of carbonyl (C=O) groups is 1. The van der Waals surface area contributed by atoms with E-state index >= 15 is 0 Å². The minimum Gasteiger partial charge on any atom is -0.463 e. The van der Waals surface area contributed by atoms with E-state index in [1.54, 1.807) is 6.92 Å². The van der Waals surface area contributed by atoms with Gasteiger partial charge in [0.05, 0.1) is 24.5 Å². The topological polar surface area (TPSA) is 61.3 Å². The summed E-state index contributed by atoms with van der Waals surface area (Å²) in [6, 6.07) is 0.228. The molecule has 0 saturated heterocycles. The number of hydrogen-bond donors (Lipinski definition) is 0. The predicted molar refractivity (Wildman–Crippen MR) is 95.5 cm³/mol. The molecule has 7 heteroatoms. The molecule has 0 bridgehead atoms. The van der Waals surface area contributed by atoms with Crippen molar-refractivity contribution in [1.82, 2.24) is 9.97 Å². The molecule has 0 radical (unpaired) electrons. The van der Waals surface area contributed by atoms with Crippen LogP contribution in [-0.4, -0.2) is 29.2 Å². The Morgan fingerprint density at radius 1 is 1.12 bits per heavy atom. The number of hydrogen-bond acceptors (Lipinski definition) is 5. The fourth-order valence-electron chi connectivity index (χ4n) is 2.23. The highest BCUT2D eigenvalue weighted by molar-refractivity contribution is 5.90. The molecule has 0 aliphatic carbocycles. The van der Waals surface area contributed by atoms with Gasteiger partial charge in [-0.25, -0.2) is 9.78 Å². The number of unbranched alkanes of at least 4 members (excludes halogenated alkanes) is 5. The van der Waals surface area contributed by atoms with Gasteiger partial charge in [-0.1, -0.05) is 39.0 Å². The average Bonchev–Trinajstić information content (AvgIpc) is 2.60. The van der Waals surface area contributed by atoms with Gasteiger partial charge >= 0.3 is 12.0 Å². The van der Waals surface area contributed by atoms with E-state index in [1.807, 2.05) is 0 Å². The maximum absolute atomic E-state index is 12.3. The van der Waals surface area contributed by atoms with Crippen LogP contribution in [0, 0.1) is 6.92 Å². The number of rotatable bonds is 12. The van der Waals surface area contributed by atoms with E-state index in [0.29, 0.717) is 12.3 Å². The van der Waals surface area contributed by atoms with Crippen molar-refractivity contribution in [2.45, 2.75) is 65.7 Å². The summed E-state index contributed by atoms with van der Waals surface area (Å²) in [5.41, 5.74) is 0.551. The second-order valence-corrected chi connectivity index (χ2v) is 6.19. The van der Waals surface area contributed by atoms with Crippen LogP contribution in [0.4, 0.5) is 8.78 Å². The summed E-state index contributed by atoms with van der Waals surface area (Å²) in [6.45, 7) is 5.56. The molecule has 0 aliphatic rings. The summed E-state index contributed by atoms with van der Waals surface area (Å²) in [5, 5.41) is 0. The Hall–Kier alpha value is -2.05. The highest BCUT2D eigenvalue weighted by Crippen LogP contribution is 2.14. The van der Waals surface area contributed by atoms with Crippen LogP contribution in [0.3, 0.4) is 0 Å². The zero-order chi connectivity index (χ0) is 19.4. The van der Waals surface area contributed by atoms with Gasteiger partial charge in [-0.2, -0.15) is 13.8 Å². The second-order valence-electron chi connectivity index (χ2n) is 6.19. The van der Waals surface area contributed by atoms with E-state index in [4.69, 9.17) is 9.47 Å². The Morgan fingerprint density at radius 3 is 2.46 bits per heavy atom. The lowest BCUT2D eigenvalue weighted by atomic mass is 10.1. The van der Waals surface area contributed by atoms with Crippen LogP contribution < -0.4 is 4.74 Å². The Labute approximate surface area is 153 Å². The summed E-state index contributed by atoms with van der Waals surface area (Å²) >= 11 is 0. The molecule has 146 valence electrons. The molecule has 0 aromatic carbocycles. The fraction of sp³-hybridized carbons (Fsp3) is 0.632. The third kappa shape index (κ3) is 8.36. The second kappa shape index (κ2) is 12.3. The molecule has 5 nitrogen and oxygen atoms in total. The van der Waals surface area contributed by atoms with Crippen molar-refractivity contribution in [1.29, 1.82) is 0 Å². The molecule has 0 aliphatic heterocycles. The minimum atomic E-state index is -1.74. The van der Waals surface area contributed by atoms with Crippen LogP contribution in [0.15, 0.2) is 17.9 Å². The zero-order valence-corrected chi connectivity index (χ0v) is 15.8. The number of carbonyl (C=O) groups excluding carboxylic acids is 1. The largest absolute Gasteiger partial charge is 0.463 e. The smallest absolute Gasteiger partial charge is 0.341 e. The molecule has 0 N–H and O–H groups in total. The first-order chi connectivity index (χ1) is 12.5. The molecule has 0 amide bonds. The molecule has 1 rings (SSSR count). The van der Waals surface area contributed by atoms with E-state index in [9.17, 15) is 13.6 Å². The molecule has 0 spiro atoms. The van der Waals surface area contributed by atoms with Gasteiger partial charge in [0.1, 0.15) is 0 Å². The highest BCUT2D eigenvalue weighted by Gasteiger charge is 2.14. The third-order valence-electron chi connectivity index (χ3n) is 3.94. The van der Waals surface area contributed by atoms with Crippen molar-refractivity contribution in [3.05, 3.63) is 29.1 Å². The number of aromatic nitrogens is 2. The van der Waals surface area contributed by atoms with Crippen LogP contribution in [0.5, 0.6) is 6.01 Å². The molecule has 1 heterocycles. The molecular weight excluding hydrogens is 342 g/mol. The molecule has 26 heavy (non-hydrogen) atoms. The molecule has 0 unspecified atom stereocenters. The van der Waals surface area contributed by atoms with E-state index in [-0.39, 0.29) is 30.2 Å². The number of nitrogens with zero attached hydrogens (tertiary/aromatic N) is 2. The van der Waals surface area contributed by atoms with Crippen molar-refractivity contribution in [3.8, 4) is 6.01 Å². The Morgan fingerprint density at radius 2 is 1.81 bits per heavy atom. The lowest BCUT2D eigenvalue weighted by molar-refractivity contribution is 0.0505. The van der Waals surface area contributed by atoms with E-state index < -0.39 is 12.0 Å². The predicted octanol–water partition coefficient (Wildman–Crippen LogP) is 5.24. The molecular formula is C19H28F2N2O3. The molecule has 0 saturated carbocycles. The van der Waals surface area contributed by atoms with Gasteiger partial charge < -0.3 is 9.47 Å². The molecule has 1 aromatic heterocycles. The van der Waals surface area contributed by atoms with Gasteiger partial charge in [0.15, 0.2) is 0 Å². The first-order valence-electron chi connectivity index (χ1n) is 9.10. The van der Waals surface area contributed by atoms with Crippen molar-refractivity contribution < 1.29 is 23.0 Å². The standard InChI is InChI=1S/C19H28F2N2O3/c1-4-5-6-7-8-9-11-26-19-22-13-16(15(3)23-19)18(24)25-12-10-14(2)17(20)21/h13H,4-12H2,1-3H3. The maximum atomic E-state index is 12.3. The Balaban J connectivity index is 2.39. The van der Waals surface area contributed by atoms with Crippen molar-refractivity contribution in [3.63, 3.8) is 0 Å². The Bertz CT molecular complexity index is 602. The van der Waals surface area contributed by atoms with Crippen molar-refractivity contribution >= 4 is 5.97 Å². The summed E-state index contributed by atoms with van der Waals surface area (Å²) in [4.78, 5) is 20.1. The average molecular weight is 370 g/mol. The SMILES string of the molecule is CCCCCCCCOc1ncc(C(=O)OCCC(C)=C(F)F)c(C)n1. The van der Waals surface area contributed by atoms with Gasteiger partial charge in [-0.3, -0.25) is 0 Å². The van der Waals surface area contributed by atoms with Crippen LogP contribution in [-0.2, 0) is 4.74 Å². The lowest BCUT2D eigenvalue weighted by Gasteiger charge is -2.08.